The van der Waals surface area contributed by atoms with Gasteiger partial charge in [0.05, 0.1) is 6.10 Å². The molecule has 2 aliphatic rings. The lowest BCUT2D eigenvalue weighted by molar-refractivity contribution is -0.107. The van der Waals surface area contributed by atoms with Crippen LogP contribution in [0.15, 0.2) is 29.0 Å². The topological polar surface area (TPSA) is 89.3 Å². The van der Waals surface area contributed by atoms with Crippen molar-refractivity contribution in [3.8, 4) is 11.5 Å². The third-order valence-corrected chi connectivity index (χ3v) is 5.48. The highest BCUT2D eigenvalue weighted by molar-refractivity contribution is 5.91. The highest BCUT2D eigenvalue weighted by atomic mass is 16.5. The summed E-state index contributed by atoms with van der Waals surface area (Å²) in [6.07, 6.45) is 2.54. The summed E-state index contributed by atoms with van der Waals surface area (Å²) in [6, 6.07) is 5.58. The van der Waals surface area contributed by atoms with E-state index in [2.05, 4.69) is 34.7 Å². The molecule has 25 heavy (non-hydrogen) atoms. The minimum atomic E-state index is -0.200. The zero-order valence-electron chi connectivity index (χ0n) is 14.6. The summed E-state index contributed by atoms with van der Waals surface area (Å²) in [6.45, 7) is 7.02. The summed E-state index contributed by atoms with van der Waals surface area (Å²) >= 11 is 0. The summed E-state index contributed by atoms with van der Waals surface area (Å²) in [5, 5.41) is 13.7. The van der Waals surface area contributed by atoms with Crippen LogP contribution < -0.4 is 10.6 Å². The van der Waals surface area contributed by atoms with E-state index in [0.717, 1.165) is 29.8 Å². The van der Waals surface area contributed by atoms with Crippen molar-refractivity contribution in [2.75, 3.05) is 11.9 Å². The Hall–Kier alpha value is -2.41. The second kappa shape index (κ2) is 5.84. The number of nitrogens with one attached hydrogen (secondary N) is 2. The Morgan fingerprint density at radius 2 is 2.20 bits per heavy atom. The van der Waals surface area contributed by atoms with Gasteiger partial charge in [0, 0.05) is 35.2 Å². The molecular weight excluding hydrogens is 320 g/mol. The number of hydrogen-bond acceptors (Lipinski definition) is 5. The maximum Gasteiger partial charge on any atom is 0.319 e. The van der Waals surface area contributed by atoms with E-state index in [4.69, 9.17) is 9.15 Å². The van der Waals surface area contributed by atoms with Crippen LogP contribution in [0.3, 0.4) is 0 Å². The average Bonchev–Trinajstić information content (AvgIpc) is 3.25. The molecule has 3 atom stereocenters. The van der Waals surface area contributed by atoms with Gasteiger partial charge in [0.2, 0.25) is 12.3 Å². The maximum atomic E-state index is 12.5. The van der Waals surface area contributed by atoms with E-state index in [1.807, 2.05) is 25.1 Å². The Labute approximate surface area is 146 Å². The van der Waals surface area contributed by atoms with E-state index in [9.17, 15) is 4.79 Å². The number of carbonyl (C=O) groups excluding carboxylic acids is 1. The van der Waals surface area contributed by atoms with Gasteiger partial charge in [-0.3, -0.25) is 0 Å². The summed E-state index contributed by atoms with van der Waals surface area (Å²) < 4.78 is 11.0. The van der Waals surface area contributed by atoms with Crippen LogP contribution in [-0.2, 0) is 4.74 Å². The molecule has 1 aliphatic carbocycles. The lowest BCUT2D eigenvalue weighted by Gasteiger charge is -2.54. The number of carbonyl (C=O) groups is 1. The maximum absolute atomic E-state index is 12.5. The molecule has 1 saturated carbocycles. The van der Waals surface area contributed by atoms with Crippen LogP contribution in [0, 0.1) is 18.3 Å². The van der Waals surface area contributed by atoms with Gasteiger partial charge in [-0.1, -0.05) is 19.9 Å². The van der Waals surface area contributed by atoms with Crippen LogP contribution in [0.1, 0.15) is 25.8 Å². The van der Waals surface area contributed by atoms with Gasteiger partial charge in [-0.25, -0.2) is 4.79 Å². The molecule has 1 aromatic heterocycles. The fourth-order valence-corrected chi connectivity index (χ4v) is 4.11. The zero-order valence-corrected chi connectivity index (χ0v) is 14.6. The molecule has 7 heteroatoms. The van der Waals surface area contributed by atoms with Crippen LogP contribution in [-0.4, -0.2) is 35.0 Å². The Morgan fingerprint density at radius 3 is 2.96 bits per heavy atom. The summed E-state index contributed by atoms with van der Waals surface area (Å²) in [4.78, 5) is 12.5. The van der Waals surface area contributed by atoms with Crippen molar-refractivity contribution in [3.63, 3.8) is 0 Å². The largest absolute Gasteiger partial charge is 0.423 e. The first-order valence-corrected chi connectivity index (χ1v) is 8.53. The fraction of sp³-hybridized carbons (Fsp3) is 0.500. The summed E-state index contributed by atoms with van der Waals surface area (Å²) in [7, 11) is 0. The van der Waals surface area contributed by atoms with E-state index in [1.54, 1.807) is 0 Å². The predicted molar refractivity (Wildman–Crippen MR) is 92.0 cm³/mol. The molecule has 1 saturated heterocycles. The van der Waals surface area contributed by atoms with Crippen LogP contribution in [0.4, 0.5) is 10.5 Å². The third-order valence-electron chi connectivity index (χ3n) is 5.48. The molecule has 2 amide bonds. The van der Waals surface area contributed by atoms with Gasteiger partial charge in [0.1, 0.15) is 0 Å². The van der Waals surface area contributed by atoms with Gasteiger partial charge in [-0.05, 0) is 31.0 Å². The highest BCUT2D eigenvalue weighted by Gasteiger charge is 2.59. The Kier molecular flexibility index (Phi) is 3.76. The number of fused-ring (bicyclic) bond motifs is 1. The number of hydrogen-bond donors (Lipinski definition) is 2. The lowest BCUT2D eigenvalue weighted by atomic mass is 9.57. The van der Waals surface area contributed by atoms with Crippen molar-refractivity contribution in [1.82, 2.24) is 15.5 Å². The highest BCUT2D eigenvalue weighted by Crippen LogP contribution is 2.52. The molecular formula is C18H22N4O3. The van der Waals surface area contributed by atoms with Gasteiger partial charge >= 0.3 is 6.03 Å². The number of nitrogens with zero attached hydrogens (tertiary/aromatic N) is 2. The van der Waals surface area contributed by atoms with Crippen LogP contribution in [0.5, 0.6) is 0 Å². The zero-order chi connectivity index (χ0) is 17.6. The van der Waals surface area contributed by atoms with Crippen molar-refractivity contribution >= 4 is 11.7 Å². The Morgan fingerprint density at radius 1 is 1.36 bits per heavy atom. The van der Waals surface area contributed by atoms with Crippen LogP contribution >= 0.6 is 0 Å². The number of rotatable bonds is 3. The van der Waals surface area contributed by atoms with Crippen molar-refractivity contribution in [2.45, 2.75) is 39.3 Å². The van der Waals surface area contributed by atoms with Crippen LogP contribution in [0.2, 0.25) is 0 Å². The molecule has 2 heterocycles. The van der Waals surface area contributed by atoms with Crippen molar-refractivity contribution < 1.29 is 13.9 Å². The molecule has 2 N–H and O–H groups in total. The first kappa shape index (κ1) is 16.1. The molecule has 0 unspecified atom stereocenters. The van der Waals surface area contributed by atoms with E-state index < -0.39 is 0 Å². The van der Waals surface area contributed by atoms with Crippen LogP contribution in [0.25, 0.3) is 11.5 Å². The Balaban J connectivity index is 1.47. The summed E-state index contributed by atoms with van der Waals surface area (Å²) in [5.74, 6) is 0.834. The Bertz CT molecular complexity index is 788. The number of ether oxygens (including phenoxy) is 1. The smallest absolute Gasteiger partial charge is 0.319 e. The van der Waals surface area contributed by atoms with Gasteiger partial charge in [0.15, 0.2) is 0 Å². The monoisotopic (exact) mass is 342 g/mol. The molecule has 132 valence electrons. The molecule has 1 aliphatic heterocycles. The molecule has 0 spiro atoms. The van der Waals surface area contributed by atoms with Gasteiger partial charge in [-0.2, -0.15) is 0 Å². The molecule has 2 aromatic rings. The quantitative estimate of drug-likeness (QED) is 0.895. The predicted octanol–water partition coefficient (Wildman–Crippen LogP) is 2.98. The number of anilines is 1. The first-order valence-electron chi connectivity index (χ1n) is 8.53. The SMILES string of the molecule is Cc1ccc(-c2nnco2)cc1NC(=O)N[C@@H]1[C@H]2CCO[C@@H]2C1(C)C. The van der Waals surface area contributed by atoms with E-state index in [0.29, 0.717) is 11.8 Å². The molecule has 7 nitrogen and oxygen atoms in total. The van der Waals surface area contributed by atoms with Gasteiger partial charge in [0.25, 0.3) is 0 Å². The minimum Gasteiger partial charge on any atom is -0.423 e. The number of aryl methyl sites for hydroxylation is 1. The molecule has 1 aromatic carbocycles. The van der Waals surface area contributed by atoms with Crippen molar-refractivity contribution in [3.05, 3.63) is 30.2 Å². The number of urea groups is 1. The summed E-state index contributed by atoms with van der Waals surface area (Å²) in [5.41, 5.74) is 2.42. The van der Waals surface area contributed by atoms with Gasteiger partial charge < -0.3 is 19.8 Å². The lowest BCUT2D eigenvalue weighted by Crippen LogP contribution is -2.67. The fourth-order valence-electron chi connectivity index (χ4n) is 4.11. The molecule has 0 bridgehead atoms. The van der Waals surface area contributed by atoms with Gasteiger partial charge in [-0.15, -0.1) is 10.2 Å². The number of aromatic nitrogens is 2. The van der Waals surface area contributed by atoms with E-state index >= 15 is 0 Å². The third kappa shape index (κ3) is 2.68. The number of benzene rings is 1. The average molecular weight is 342 g/mol. The number of amides is 2. The molecule has 2 fully saturated rings. The standard InChI is InChI=1S/C18H22N4O3/c1-10-4-5-11(16-22-19-9-25-16)8-13(10)20-17(23)21-14-12-6-7-24-15(12)18(14,2)3/h4-5,8-9,12,14-15H,6-7H2,1-3H3,(H2,20,21,23)/t12-,14-,15+/m1/s1. The van der Waals surface area contributed by atoms with Crippen molar-refractivity contribution in [2.24, 2.45) is 11.3 Å². The first-order chi connectivity index (χ1) is 12.0. The van der Waals surface area contributed by atoms with E-state index in [1.165, 1.54) is 6.39 Å². The molecule has 0 radical (unpaired) electrons. The second-order valence-electron chi connectivity index (χ2n) is 7.42. The molecule has 4 rings (SSSR count). The second-order valence-corrected chi connectivity index (χ2v) is 7.42. The normalized spacial score (nSPS) is 26.6. The van der Waals surface area contributed by atoms with E-state index in [-0.39, 0.29) is 23.6 Å². The minimum absolute atomic E-state index is 0.0425. The van der Waals surface area contributed by atoms with Crippen molar-refractivity contribution in [1.29, 1.82) is 0 Å².